The molecule has 0 bridgehead atoms. The zero-order valence-electron chi connectivity index (χ0n) is 21.9. The Balaban J connectivity index is 1.47. The molecule has 8 heteroatoms. The summed E-state index contributed by atoms with van der Waals surface area (Å²) in [5.74, 6) is -0.225. The Kier molecular flexibility index (Phi) is 12.4. The van der Waals surface area contributed by atoms with Gasteiger partial charge in [-0.15, -0.1) is 0 Å². The van der Waals surface area contributed by atoms with Gasteiger partial charge in [0.1, 0.15) is 5.82 Å². The molecule has 1 aliphatic rings. The van der Waals surface area contributed by atoms with Gasteiger partial charge in [0, 0.05) is 62.4 Å². The lowest BCUT2D eigenvalue weighted by Gasteiger charge is -2.36. The fourth-order valence-corrected chi connectivity index (χ4v) is 4.75. The smallest absolute Gasteiger partial charge is 0.317 e. The predicted octanol–water partition coefficient (Wildman–Crippen LogP) is 5.92. The number of nitrogens with zero attached hydrogens (tertiary/aromatic N) is 3. The van der Waals surface area contributed by atoms with Crippen molar-refractivity contribution in [3.05, 3.63) is 69.9 Å². The zero-order chi connectivity index (χ0) is 26.5. The summed E-state index contributed by atoms with van der Waals surface area (Å²) in [6.07, 6.45) is 7.06. The molecular weight excluding hydrogens is 535 g/mol. The lowest BCUT2D eigenvalue weighted by Crippen LogP contribution is -2.51. The highest BCUT2D eigenvalue weighted by Crippen LogP contribution is 2.14. The van der Waals surface area contributed by atoms with E-state index in [1.807, 2.05) is 34.1 Å². The molecule has 1 fully saturated rings. The van der Waals surface area contributed by atoms with Crippen molar-refractivity contribution in [2.75, 3.05) is 45.8 Å². The van der Waals surface area contributed by atoms with Gasteiger partial charge in [-0.2, -0.15) is 0 Å². The van der Waals surface area contributed by atoms with E-state index in [9.17, 15) is 14.0 Å². The maximum absolute atomic E-state index is 13.4. The fourth-order valence-electron chi connectivity index (χ4n) is 4.49. The van der Waals surface area contributed by atoms with Crippen LogP contribution in [0.4, 0.5) is 9.18 Å². The van der Waals surface area contributed by atoms with Gasteiger partial charge < -0.3 is 15.1 Å². The SMILES string of the molecule is CCCCCCCCNC(=O)N(CCN1CCN(C(=O)c2ccc(Br)cc2)CC1)Cc1ccc(F)cc1. The molecule has 202 valence electrons. The highest BCUT2D eigenvalue weighted by Gasteiger charge is 2.23. The number of benzene rings is 2. The first-order valence-electron chi connectivity index (χ1n) is 13.5. The minimum Gasteiger partial charge on any atom is -0.338 e. The van der Waals surface area contributed by atoms with Crippen molar-refractivity contribution in [1.82, 2.24) is 20.0 Å². The number of hydrogen-bond donors (Lipinski definition) is 1. The molecule has 1 saturated heterocycles. The van der Waals surface area contributed by atoms with Crippen LogP contribution in [0.2, 0.25) is 0 Å². The van der Waals surface area contributed by atoms with Crippen LogP contribution in [-0.4, -0.2) is 72.5 Å². The third-order valence-electron chi connectivity index (χ3n) is 6.82. The molecule has 0 radical (unpaired) electrons. The third-order valence-corrected chi connectivity index (χ3v) is 7.35. The quantitative estimate of drug-likeness (QED) is 0.302. The molecule has 0 aromatic heterocycles. The Hall–Kier alpha value is -2.45. The molecule has 1 heterocycles. The van der Waals surface area contributed by atoms with Gasteiger partial charge in [-0.05, 0) is 48.4 Å². The third kappa shape index (κ3) is 10.1. The Bertz CT molecular complexity index is 963. The zero-order valence-corrected chi connectivity index (χ0v) is 23.5. The first kappa shape index (κ1) is 29.1. The van der Waals surface area contributed by atoms with E-state index in [2.05, 4.69) is 33.1 Å². The van der Waals surface area contributed by atoms with Crippen molar-refractivity contribution in [2.45, 2.75) is 52.0 Å². The predicted molar refractivity (Wildman–Crippen MR) is 150 cm³/mol. The van der Waals surface area contributed by atoms with Crippen molar-refractivity contribution in [2.24, 2.45) is 0 Å². The van der Waals surface area contributed by atoms with Crippen LogP contribution in [0.15, 0.2) is 53.0 Å². The lowest BCUT2D eigenvalue weighted by molar-refractivity contribution is 0.0627. The average molecular weight is 576 g/mol. The second-order valence-electron chi connectivity index (χ2n) is 9.69. The Morgan fingerprint density at radius 1 is 0.919 bits per heavy atom. The molecule has 37 heavy (non-hydrogen) atoms. The van der Waals surface area contributed by atoms with E-state index in [0.717, 1.165) is 42.5 Å². The number of carbonyl (C=O) groups excluding carboxylic acids is 2. The number of amides is 3. The van der Waals surface area contributed by atoms with Crippen LogP contribution in [-0.2, 0) is 6.54 Å². The largest absolute Gasteiger partial charge is 0.338 e. The number of halogens is 2. The van der Waals surface area contributed by atoms with Gasteiger partial charge in [0.25, 0.3) is 5.91 Å². The summed E-state index contributed by atoms with van der Waals surface area (Å²) in [6, 6.07) is 13.7. The first-order chi connectivity index (χ1) is 18.0. The van der Waals surface area contributed by atoms with Gasteiger partial charge in [-0.3, -0.25) is 9.69 Å². The normalized spacial score (nSPS) is 14.0. The molecule has 0 unspecified atom stereocenters. The summed E-state index contributed by atoms with van der Waals surface area (Å²) < 4.78 is 14.3. The van der Waals surface area contributed by atoms with E-state index in [4.69, 9.17) is 0 Å². The Labute approximate surface area is 229 Å². The second-order valence-corrected chi connectivity index (χ2v) is 10.6. The van der Waals surface area contributed by atoms with Crippen LogP contribution in [0.1, 0.15) is 61.4 Å². The Morgan fingerprint density at radius 2 is 1.57 bits per heavy atom. The van der Waals surface area contributed by atoms with E-state index >= 15 is 0 Å². The van der Waals surface area contributed by atoms with Gasteiger partial charge in [0.05, 0.1) is 0 Å². The van der Waals surface area contributed by atoms with Gasteiger partial charge in [0.15, 0.2) is 0 Å². The summed E-state index contributed by atoms with van der Waals surface area (Å²) in [5.41, 5.74) is 1.60. The number of rotatable bonds is 13. The molecule has 1 N–H and O–H groups in total. The molecule has 0 atom stereocenters. The van der Waals surface area contributed by atoms with Crippen LogP contribution in [0.25, 0.3) is 0 Å². The van der Waals surface area contributed by atoms with Crippen molar-refractivity contribution in [1.29, 1.82) is 0 Å². The van der Waals surface area contributed by atoms with Crippen LogP contribution >= 0.6 is 15.9 Å². The monoisotopic (exact) mass is 574 g/mol. The molecule has 0 spiro atoms. The fraction of sp³-hybridized carbons (Fsp3) is 0.517. The molecule has 1 aliphatic heterocycles. The topological polar surface area (TPSA) is 55.9 Å². The van der Waals surface area contributed by atoms with Crippen molar-refractivity contribution in [3.8, 4) is 0 Å². The number of carbonyl (C=O) groups is 2. The molecular formula is C29H40BrFN4O2. The molecule has 3 rings (SSSR count). The molecule has 2 aromatic rings. The molecule has 0 saturated carbocycles. The van der Waals surface area contributed by atoms with E-state index in [-0.39, 0.29) is 17.8 Å². The van der Waals surface area contributed by atoms with E-state index in [1.165, 1.54) is 37.8 Å². The summed E-state index contributed by atoms with van der Waals surface area (Å²) in [4.78, 5) is 31.8. The number of hydrogen-bond acceptors (Lipinski definition) is 3. The van der Waals surface area contributed by atoms with Crippen molar-refractivity contribution in [3.63, 3.8) is 0 Å². The van der Waals surface area contributed by atoms with Gasteiger partial charge in [0.2, 0.25) is 0 Å². The summed E-state index contributed by atoms with van der Waals surface area (Å²) in [7, 11) is 0. The van der Waals surface area contributed by atoms with E-state index in [0.29, 0.717) is 38.3 Å². The minimum absolute atomic E-state index is 0.0548. The molecule has 3 amide bonds. The summed E-state index contributed by atoms with van der Waals surface area (Å²) >= 11 is 3.41. The van der Waals surface area contributed by atoms with Crippen LogP contribution < -0.4 is 5.32 Å². The highest BCUT2D eigenvalue weighted by molar-refractivity contribution is 9.10. The second kappa shape index (κ2) is 15.7. The van der Waals surface area contributed by atoms with Gasteiger partial charge >= 0.3 is 6.03 Å². The Morgan fingerprint density at radius 3 is 2.24 bits per heavy atom. The molecule has 0 aliphatic carbocycles. The lowest BCUT2D eigenvalue weighted by atomic mass is 10.1. The number of piperazine rings is 1. The molecule has 6 nitrogen and oxygen atoms in total. The molecule has 2 aromatic carbocycles. The van der Waals surface area contributed by atoms with Gasteiger partial charge in [-0.25, -0.2) is 9.18 Å². The van der Waals surface area contributed by atoms with Gasteiger partial charge in [-0.1, -0.05) is 67.1 Å². The first-order valence-corrected chi connectivity index (χ1v) is 14.3. The maximum Gasteiger partial charge on any atom is 0.317 e. The highest BCUT2D eigenvalue weighted by atomic mass is 79.9. The summed E-state index contributed by atoms with van der Waals surface area (Å²) in [5, 5.41) is 3.08. The van der Waals surface area contributed by atoms with Crippen LogP contribution in [0.5, 0.6) is 0 Å². The standard InChI is InChI=1S/C29H40BrFN4O2/c1-2-3-4-5-6-7-16-32-29(37)35(23-24-8-14-27(31)15-9-24)22-19-33-17-20-34(21-18-33)28(36)25-10-12-26(30)13-11-25/h8-15H,2-7,16-23H2,1H3,(H,32,37). The number of nitrogens with one attached hydrogen (secondary N) is 1. The van der Waals surface area contributed by atoms with Crippen LogP contribution in [0.3, 0.4) is 0 Å². The maximum atomic E-state index is 13.4. The van der Waals surface area contributed by atoms with Crippen molar-refractivity contribution < 1.29 is 14.0 Å². The number of unbranched alkanes of at least 4 members (excludes halogenated alkanes) is 5. The van der Waals surface area contributed by atoms with Crippen molar-refractivity contribution >= 4 is 27.9 Å². The van der Waals surface area contributed by atoms with E-state index < -0.39 is 0 Å². The van der Waals surface area contributed by atoms with E-state index in [1.54, 1.807) is 12.1 Å². The minimum atomic E-state index is -0.279. The van der Waals surface area contributed by atoms with Crippen LogP contribution in [0, 0.1) is 5.82 Å². The summed E-state index contributed by atoms with van der Waals surface area (Å²) in [6.45, 7) is 7.48. The average Bonchev–Trinajstić information content (AvgIpc) is 2.92. The number of urea groups is 1.